The van der Waals surface area contributed by atoms with Gasteiger partial charge < -0.3 is 0 Å². The monoisotopic (exact) mass is 348 g/mol. The molecule has 0 aliphatic heterocycles. The molecular weight excluding hydrogens is 312 g/mol. The molecule has 0 heteroatoms. The van der Waals surface area contributed by atoms with Crippen molar-refractivity contribution in [1.29, 1.82) is 0 Å². The molecule has 0 amide bonds. The van der Waals surface area contributed by atoms with E-state index in [-0.39, 0.29) is 5.41 Å². The van der Waals surface area contributed by atoms with Crippen LogP contribution in [0.3, 0.4) is 0 Å². The first-order valence-corrected chi connectivity index (χ1v) is 10.4. The number of benzene rings is 2. The van der Waals surface area contributed by atoms with Crippen LogP contribution in [0.4, 0.5) is 0 Å². The molecule has 2 aromatic rings. The van der Waals surface area contributed by atoms with E-state index in [1.807, 2.05) is 0 Å². The molecule has 0 spiro atoms. The zero-order valence-electron chi connectivity index (χ0n) is 18.2. The lowest BCUT2D eigenvalue weighted by atomic mass is 9.62. The molecule has 1 aliphatic carbocycles. The lowest BCUT2D eigenvalue weighted by Crippen LogP contribution is -2.33. The van der Waals surface area contributed by atoms with Crippen LogP contribution in [0.1, 0.15) is 87.7 Å². The lowest BCUT2D eigenvalue weighted by molar-refractivity contribution is 0.343. The van der Waals surface area contributed by atoms with E-state index >= 15 is 0 Å². The minimum Gasteiger partial charge on any atom is -0.0546 e. The van der Waals surface area contributed by atoms with Gasteiger partial charge in [0.25, 0.3) is 0 Å². The maximum absolute atomic E-state index is 2.52. The van der Waals surface area contributed by atoms with Gasteiger partial charge in [0.15, 0.2) is 0 Å². The van der Waals surface area contributed by atoms with Gasteiger partial charge in [-0.1, -0.05) is 31.4 Å². The average Bonchev–Trinajstić information content (AvgIpc) is 2.64. The van der Waals surface area contributed by atoms with Gasteiger partial charge in [-0.05, 0) is 124 Å². The highest BCUT2D eigenvalue weighted by Crippen LogP contribution is 2.49. The van der Waals surface area contributed by atoms with Crippen LogP contribution in [0, 0.1) is 55.4 Å². The van der Waals surface area contributed by atoms with E-state index in [4.69, 9.17) is 0 Å². The van der Waals surface area contributed by atoms with E-state index in [0.29, 0.717) is 0 Å². The van der Waals surface area contributed by atoms with Gasteiger partial charge in [0.1, 0.15) is 0 Å². The lowest BCUT2D eigenvalue weighted by Gasteiger charge is -2.42. The fourth-order valence-corrected chi connectivity index (χ4v) is 5.26. The summed E-state index contributed by atoms with van der Waals surface area (Å²) in [5, 5.41) is 0. The molecule has 1 saturated carbocycles. The van der Waals surface area contributed by atoms with Gasteiger partial charge in [0.05, 0.1) is 0 Å². The van der Waals surface area contributed by atoms with E-state index in [0.717, 1.165) is 0 Å². The first kappa shape index (κ1) is 19.2. The van der Waals surface area contributed by atoms with Crippen LogP contribution in [0.15, 0.2) is 12.1 Å². The minimum absolute atomic E-state index is 0.193. The van der Waals surface area contributed by atoms with Crippen LogP contribution in [-0.4, -0.2) is 0 Å². The Bertz CT molecular complexity index is 780. The summed E-state index contributed by atoms with van der Waals surface area (Å²) in [5.74, 6) is 0. The van der Waals surface area contributed by atoms with Crippen molar-refractivity contribution >= 4 is 0 Å². The van der Waals surface area contributed by atoms with Crippen molar-refractivity contribution in [3.63, 3.8) is 0 Å². The molecule has 0 saturated heterocycles. The third-order valence-corrected chi connectivity index (χ3v) is 7.70. The molecule has 0 radical (unpaired) electrons. The van der Waals surface area contributed by atoms with Gasteiger partial charge in [-0.25, -0.2) is 0 Å². The van der Waals surface area contributed by atoms with Crippen molar-refractivity contribution in [3.05, 3.63) is 67.8 Å². The third kappa shape index (κ3) is 2.82. The Morgan fingerprint density at radius 1 is 0.500 bits per heavy atom. The van der Waals surface area contributed by atoms with E-state index in [1.165, 1.54) is 76.6 Å². The van der Waals surface area contributed by atoms with Crippen LogP contribution in [-0.2, 0) is 5.41 Å². The SMILES string of the molecule is Cc1cc(C2(c3cc(C)c(C)c(C)c3C)CCCCC2)c(C)c(C)c1C. The molecule has 0 heterocycles. The molecule has 1 fully saturated rings. The molecule has 0 nitrogen and oxygen atoms in total. The van der Waals surface area contributed by atoms with Crippen molar-refractivity contribution in [2.45, 2.75) is 92.9 Å². The van der Waals surface area contributed by atoms with Gasteiger partial charge in [-0.3, -0.25) is 0 Å². The maximum Gasteiger partial charge on any atom is 0.0208 e. The molecule has 0 unspecified atom stereocenters. The van der Waals surface area contributed by atoms with E-state index in [2.05, 4.69) is 67.5 Å². The quantitative estimate of drug-likeness (QED) is 0.530. The van der Waals surface area contributed by atoms with E-state index in [9.17, 15) is 0 Å². The highest BCUT2D eigenvalue weighted by atomic mass is 14.4. The summed E-state index contributed by atoms with van der Waals surface area (Å²) in [6.45, 7) is 18.5. The summed E-state index contributed by atoms with van der Waals surface area (Å²) in [7, 11) is 0. The molecule has 0 atom stereocenters. The molecule has 0 N–H and O–H groups in total. The summed E-state index contributed by atoms with van der Waals surface area (Å²) < 4.78 is 0. The molecule has 140 valence electrons. The van der Waals surface area contributed by atoms with Crippen LogP contribution in [0.25, 0.3) is 0 Å². The average molecular weight is 349 g/mol. The predicted molar refractivity (Wildman–Crippen MR) is 115 cm³/mol. The second-order valence-corrected chi connectivity index (χ2v) is 8.87. The Kier molecular flexibility index (Phi) is 5.08. The van der Waals surface area contributed by atoms with Gasteiger partial charge in [0, 0.05) is 5.41 Å². The molecule has 1 aliphatic rings. The highest BCUT2D eigenvalue weighted by molar-refractivity contribution is 5.56. The van der Waals surface area contributed by atoms with Gasteiger partial charge in [-0.15, -0.1) is 0 Å². The van der Waals surface area contributed by atoms with Crippen LogP contribution in [0.5, 0.6) is 0 Å². The van der Waals surface area contributed by atoms with Crippen LogP contribution in [0.2, 0.25) is 0 Å². The topological polar surface area (TPSA) is 0 Å². The Morgan fingerprint density at radius 3 is 1.27 bits per heavy atom. The second-order valence-electron chi connectivity index (χ2n) is 8.87. The van der Waals surface area contributed by atoms with Crippen LogP contribution < -0.4 is 0 Å². The molecule has 0 aromatic heterocycles. The summed E-state index contributed by atoms with van der Waals surface area (Å²) in [6.07, 6.45) is 6.65. The number of hydrogen-bond donors (Lipinski definition) is 0. The van der Waals surface area contributed by atoms with Gasteiger partial charge >= 0.3 is 0 Å². The van der Waals surface area contributed by atoms with Crippen molar-refractivity contribution in [2.24, 2.45) is 0 Å². The number of rotatable bonds is 2. The normalized spacial score (nSPS) is 16.8. The smallest absolute Gasteiger partial charge is 0.0208 e. The highest BCUT2D eigenvalue weighted by Gasteiger charge is 2.39. The summed E-state index contributed by atoms with van der Waals surface area (Å²) in [4.78, 5) is 0. The largest absolute Gasteiger partial charge is 0.0546 e. The maximum atomic E-state index is 2.52. The van der Waals surface area contributed by atoms with E-state index < -0.39 is 0 Å². The minimum atomic E-state index is 0.193. The van der Waals surface area contributed by atoms with Gasteiger partial charge in [0.2, 0.25) is 0 Å². The van der Waals surface area contributed by atoms with Crippen LogP contribution >= 0.6 is 0 Å². The van der Waals surface area contributed by atoms with Gasteiger partial charge in [-0.2, -0.15) is 0 Å². The Morgan fingerprint density at radius 2 is 0.885 bits per heavy atom. The molecule has 2 aromatic carbocycles. The fraction of sp³-hybridized carbons (Fsp3) is 0.538. The zero-order chi connectivity index (χ0) is 19.2. The van der Waals surface area contributed by atoms with E-state index in [1.54, 1.807) is 11.1 Å². The standard InChI is InChI=1S/C26H36/c1-16-14-24(22(7)20(5)18(16)3)26(12-10-9-11-13-26)25-15-17(2)19(4)21(6)23(25)8/h14-15H,9-13H2,1-8H3. The summed E-state index contributed by atoms with van der Waals surface area (Å²) in [6, 6.07) is 5.04. The number of aryl methyl sites for hydroxylation is 2. The molecular formula is C26H36. The van der Waals surface area contributed by atoms with Crippen molar-refractivity contribution in [3.8, 4) is 0 Å². The molecule has 0 bridgehead atoms. The molecule has 26 heavy (non-hydrogen) atoms. The first-order chi connectivity index (χ1) is 12.2. The first-order valence-electron chi connectivity index (χ1n) is 10.4. The van der Waals surface area contributed by atoms with Crippen molar-refractivity contribution in [2.75, 3.05) is 0 Å². The second kappa shape index (κ2) is 6.87. The zero-order valence-corrected chi connectivity index (χ0v) is 18.2. The Balaban J connectivity index is 2.36. The predicted octanol–water partition coefficient (Wildman–Crippen LogP) is 7.40. The fourth-order valence-electron chi connectivity index (χ4n) is 5.26. The van der Waals surface area contributed by atoms with Crippen molar-refractivity contribution in [1.82, 2.24) is 0 Å². The number of hydrogen-bond acceptors (Lipinski definition) is 0. The Hall–Kier alpha value is -1.56. The molecule has 3 rings (SSSR count). The van der Waals surface area contributed by atoms with Crippen molar-refractivity contribution < 1.29 is 0 Å². The third-order valence-electron chi connectivity index (χ3n) is 7.70. The Labute approximate surface area is 161 Å². The summed E-state index contributed by atoms with van der Waals surface area (Å²) in [5.41, 5.74) is 15.2. The summed E-state index contributed by atoms with van der Waals surface area (Å²) >= 11 is 0.